The van der Waals surface area contributed by atoms with Gasteiger partial charge in [0.05, 0.1) is 11.6 Å². The number of fused-ring (bicyclic) bond motifs is 4. The lowest BCUT2D eigenvalue weighted by atomic mass is 9.73. The molecule has 0 saturated carbocycles. The van der Waals surface area contributed by atoms with Crippen LogP contribution in [0.15, 0.2) is 49.2 Å². The zero-order chi connectivity index (χ0) is 17.4. The molecular formula is C21H24N2O2. The maximum atomic E-state index is 11.9. The molecular weight excluding hydrogens is 312 g/mol. The largest absolute Gasteiger partial charge is 0.456 e. The number of carbonyl (C=O) groups excluding carboxylic acids is 1. The minimum atomic E-state index is -0.251. The van der Waals surface area contributed by atoms with Crippen LogP contribution in [0.2, 0.25) is 0 Å². The number of carbonyl (C=O) groups is 1. The quantitative estimate of drug-likeness (QED) is 0.630. The second-order valence-electron chi connectivity index (χ2n) is 7.19. The Bertz CT molecular complexity index is 798. The van der Waals surface area contributed by atoms with Crippen LogP contribution in [0.25, 0.3) is 10.9 Å². The van der Waals surface area contributed by atoms with Crippen LogP contribution in [0.1, 0.15) is 31.4 Å². The number of ether oxygens (including phenoxy) is 1. The van der Waals surface area contributed by atoms with Crippen LogP contribution in [-0.2, 0) is 9.53 Å². The Hall–Kier alpha value is -2.20. The third-order valence-corrected chi connectivity index (χ3v) is 5.79. The average molecular weight is 336 g/mol. The number of rotatable bonds is 4. The standard InChI is InChI=1S/C21H24N2O2/c1-3-15-13-23-11-9-16(15)12-20(23)21(25-14(2)24)18-8-10-22-19-7-5-4-6-17(18)19/h3-8,10,15-16,20-21H,1,9,11-13H2,2H3/t15-,16-,20-,21+/m0/s1. The number of para-hydroxylation sites is 1. The van der Waals surface area contributed by atoms with Gasteiger partial charge in [0.15, 0.2) is 0 Å². The van der Waals surface area contributed by atoms with Crippen LogP contribution >= 0.6 is 0 Å². The SMILES string of the molecule is C=C[C@H]1CN2CC[C@H]1C[C@H]2[C@H](OC(C)=O)c1ccnc2ccccc12. The fourth-order valence-corrected chi connectivity index (χ4v) is 4.59. The van der Waals surface area contributed by atoms with E-state index in [-0.39, 0.29) is 18.1 Å². The van der Waals surface area contributed by atoms with Gasteiger partial charge in [0, 0.05) is 30.6 Å². The van der Waals surface area contributed by atoms with Crippen molar-refractivity contribution in [3.05, 3.63) is 54.7 Å². The maximum absolute atomic E-state index is 11.9. The topological polar surface area (TPSA) is 42.4 Å². The minimum absolute atomic E-state index is 0.227. The molecule has 3 aliphatic rings. The fraction of sp³-hybridized carbons (Fsp3) is 0.429. The van der Waals surface area contributed by atoms with Gasteiger partial charge in [-0.15, -0.1) is 6.58 Å². The van der Waals surface area contributed by atoms with E-state index < -0.39 is 0 Å². The van der Waals surface area contributed by atoms with Crippen molar-refractivity contribution >= 4 is 16.9 Å². The number of benzene rings is 1. The van der Waals surface area contributed by atoms with Gasteiger partial charge in [0.2, 0.25) is 0 Å². The highest BCUT2D eigenvalue weighted by molar-refractivity contribution is 5.82. The van der Waals surface area contributed by atoms with E-state index in [4.69, 9.17) is 4.74 Å². The Balaban J connectivity index is 1.74. The van der Waals surface area contributed by atoms with Gasteiger partial charge in [-0.3, -0.25) is 14.7 Å². The van der Waals surface area contributed by atoms with E-state index in [0.717, 1.165) is 36.0 Å². The number of aromatic nitrogens is 1. The number of hydrogen-bond donors (Lipinski definition) is 0. The molecule has 0 spiro atoms. The van der Waals surface area contributed by atoms with Crippen molar-refractivity contribution in [2.24, 2.45) is 11.8 Å². The van der Waals surface area contributed by atoms with Crippen molar-refractivity contribution in [3.8, 4) is 0 Å². The Morgan fingerprint density at radius 1 is 1.40 bits per heavy atom. The van der Waals surface area contributed by atoms with E-state index in [1.54, 1.807) is 0 Å². The molecule has 0 N–H and O–H groups in total. The van der Waals surface area contributed by atoms with Crippen LogP contribution in [0.3, 0.4) is 0 Å². The van der Waals surface area contributed by atoms with Crippen LogP contribution in [0, 0.1) is 11.8 Å². The minimum Gasteiger partial charge on any atom is -0.456 e. The molecule has 4 nitrogen and oxygen atoms in total. The highest BCUT2D eigenvalue weighted by Gasteiger charge is 2.44. The van der Waals surface area contributed by atoms with Crippen molar-refractivity contribution in [1.82, 2.24) is 9.88 Å². The molecule has 2 bridgehead atoms. The van der Waals surface area contributed by atoms with Crippen molar-refractivity contribution < 1.29 is 9.53 Å². The van der Waals surface area contributed by atoms with E-state index in [0.29, 0.717) is 11.8 Å². The molecule has 0 radical (unpaired) electrons. The summed E-state index contributed by atoms with van der Waals surface area (Å²) in [6.07, 6.45) is 5.91. The summed E-state index contributed by atoms with van der Waals surface area (Å²) in [7, 11) is 0. The van der Waals surface area contributed by atoms with Gasteiger partial charge < -0.3 is 4.74 Å². The Kier molecular flexibility index (Phi) is 4.30. The Morgan fingerprint density at radius 2 is 2.24 bits per heavy atom. The molecule has 25 heavy (non-hydrogen) atoms. The summed E-state index contributed by atoms with van der Waals surface area (Å²) in [6.45, 7) is 7.58. The molecule has 1 aromatic carbocycles. The maximum Gasteiger partial charge on any atom is 0.303 e. The number of piperidine rings is 3. The molecule has 3 saturated heterocycles. The summed E-state index contributed by atoms with van der Waals surface area (Å²) in [5, 5.41) is 1.07. The van der Waals surface area contributed by atoms with E-state index in [1.807, 2.05) is 30.5 Å². The van der Waals surface area contributed by atoms with Crippen LogP contribution < -0.4 is 0 Å². The molecule has 1 unspecified atom stereocenters. The lowest BCUT2D eigenvalue weighted by Crippen LogP contribution is -2.55. The smallest absolute Gasteiger partial charge is 0.303 e. The van der Waals surface area contributed by atoms with Gasteiger partial charge in [0.25, 0.3) is 0 Å². The first-order valence-electron chi connectivity index (χ1n) is 9.05. The van der Waals surface area contributed by atoms with Gasteiger partial charge in [-0.25, -0.2) is 0 Å². The first kappa shape index (κ1) is 16.3. The molecule has 5 rings (SSSR count). The molecule has 130 valence electrons. The Morgan fingerprint density at radius 3 is 2.96 bits per heavy atom. The lowest BCUT2D eigenvalue weighted by molar-refractivity contribution is -0.154. The highest BCUT2D eigenvalue weighted by atomic mass is 16.5. The summed E-state index contributed by atoms with van der Waals surface area (Å²) in [4.78, 5) is 18.8. The zero-order valence-corrected chi connectivity index (χ0v) is 14.6. The van der Waals surface area contributed by atoms with E-state index in [2.05, 4.69) is 28.6 Å². The number of pyridine rings is 1. The van der Waals surface area contributed by atoms with Gasteiger partial charge in [-0.2, -0.15) is 0 Å². The summed E-state index contributed by atoms with van der Waals surface area (Å²) in [5.74, 6) is 0.963. The number of nitrogens with zero attached hydrogens (tertiary/aromatic N) is 2. The van der Waals surface area contributed by atoms with Crippen LogP contribution in [-0.4, -0.2) is 35.0 Å². The van der Waals surface area contributed by atoms with Crippen molar-refractivity contribution in [1.29, 1.82) is 0 Å². The number of esters is 1. The monoisotopic (exact) mass is 336 g/mol. The average Bonchev–Trinajstić information content (AvgIpc) is 2.66. The van der Waals surface area contributed by atoms with Crippen molar-refractivity contribution in [2.45, 2.75) is 31.9 Å². The van der Waals surface area contributed by atoms with E-state index in [9.17, 15) is 4.79 Å². The predicted octanol–water partition coefficient (Wildman–Crippen LogP) is 3.74. The summed E-state index contributed by atoms with van der Waals surface area (Å²) < 4.78 is 5.87. The zero-order valence-electron chi connectivity index (χ0n) is 14.6. The van der Waals surface area contributed by atoms with Gasteiger partial charge in [0.1, 0.15) is 6.10 Å². The second-order valence-corrected chi connectivity index (χ2v) is 7.19. The highest BCUT2D eigenvalue weighted by Crippen LogP contribution is 2.43. The van der Waals surface area contributed by atoms with Gasteiger partial charge >= 0.3 is 5.97 Å². The molecule has 4 heterocycles. The molecule has 3 fully saturated rings. The third kappa shape index (κ3) is 2.95. The molecule has 1 aromatic heterocycles. The number of hydrogen-bond acceptors (Lipinski definition) is 4. The lowest BCUT2D eigenvalue weighted by Gasteiger charge is -2.51. The second kappa shape index (κ2) is 6.60. The molecule has 4 heteroatoms. The van der Waals surface area contributed by atoms with Gasteiger partial charge in [-0.1, -0.05) is 24.3 Å². The normalized spacial score (nSPS) is 29.3. The molecule has 0 aliphatic carbocycles. The summed E-state index contributed by atoms with van der Waals surface area (Å²) >= 11 is 0. The van der Waals surface area contributed by atoms with Crippen molar-refractivity contribution in [3.63, 3.8) is 0 Å². The summed E-state index contributed by atoms with van der Waals surface area (Å²) in [6, 6.07) is 10.3. The first-order chi connectivity index (χ1) is 12.2. The third-order valence-electron chi connectivity index (χ3n) is 5.79. The molecule has 3 aliphatic heterocycles. The molecule has 2 aromatic rings. The summed E-state index contributed by atoms with van der Waals surface area (Å²) in [5.41, 5.74) is 2.01. The Labute approximate surface area is 148 Å². The molecule has 0 amide bonds. The predicted molar refractivity (Wildman–Crippen MR) is 98.0 cm³/mol. The molecule has 5 atom stereocenters. The fourth-order valence-electron chi connectivity index (χ4n) is 4.59. The van der Waals surface area contributed by atoms with Crippen molar-refractivity contribution in [2.75, 3.05) is 13.1 Å². The first-order valence-corrected chi connectivity index (χ1v) is 9.05. The van der Waals surface area contributed by atoms with E-state index in [1.165, 1.54) is 13.3 Å². The van der Waals surface area contributed by atoms with Crippen LogP contribution in [0.4, 0.5) is 0 Å². The van der Waals surface area contributed by atoms with E-state index >= 15 is 0 Å². The van der Waals surface area contributed by atoms with Crippen LogP contribution in [0.5, 0.6) is 0 Å². The van der Waals surface area contributed by atoms with Gasteiger partial charge in [-0.05, 0) is 43.4 Å².